The van der Waals surface area contributed by atoms with E-state index in [1.54, 1.807) is 24.3 Å². The lowest BCUT2D eigenvalue weighted by Gasteiger charge is -2.10. The molecule has 0 aliphatic carbocycles. The summed E-state index contributed by atoms with van der Waals surface area (Å²) in [6.45, 7) is 0. The third-order valence-electron chi connectivity index (χ3n) is 3.17. The van der Waals surface area contributed by atoms with Gasteiger partial charge >= 0.3 is 5.97 Å². The fourth-order valence-electron chi connectivity index (χ4n) is 1.92. The highest BCUT2D eigenvalue weighted by Gasteiger charge is 2.10. The van der Waals surface area contributed by atoms with E-state index in [1.165, 1.54) is 24.3 Å². The van der Waals surface area contributed by atoms with E-state index in [-0.39, 0.29) is 11.5 Å². The molecule has 0 aliphatic heterocycles. The minimum absolute atomic E-state index is 0.145. The van der Waals surface area contributed by atoms with Crippen molar-refractivity contribution in [1.82, 2.24) is 5.43 Å². The van der Waals surface area contributed by atoms with Gasteiger partial charge in [-0.15, -0.1) is 0 Å². The van der Waals surface area contributed by atoms with Gasteiger partial charge in [-0.1, -0.05) is 12.1 Å². The van der Waals surface area contributed by atoms with Crippen LogP contribution in [0.3, 0.4) is 0 Å². The molecule has 0 radical (unpaired) electrons. The molecule has 8 heteroatoms. The van der Waals surface area contributed by atoms with Crippen LogP contribution in [0.15, 0.2) is 53.6 Å². The largest absolute Gasteiger partial charge is 0.478 e. The number of aromatic carboxylic acids is 1. The van der Waals surface area contributed by atoms with Crippen LogP contribution < -0.4 is 16.6 Å². The Bertz CT molecular complexity index is 713. The highest BCUT2D eigenvalue weighted by atomic mass is 16.4. The van der Waals surface area contributed by atoms with Gasteiger partial charge in [-0.25, -0.2) is 15.8 Å². The highest BCUT2D eigenvalue weighted by Crippen LogP contribution is 2.16. The van der Waals surface area contributed by atoms with E-state index in [0.29, 0.717) is 16.8 Å². The number of rotatable bonds is 6. The summed E-state index contributed by atoms with van der Waals surface area (Å²) in [6.07, 6.45) is -0.657. The van der Waals surface area contributed by atoms with Gasteiger partial charge in [-0.3, -0.25) is 10.6 Å². The maximum absolute atomic E-state index is 12.1. The van der Waals surface area contributed by atoms with Crippen molar-refractivity contribution in [2.45, 2.75) is 6.17 Å². The Morgan fingerprint density at radius 3 is 2.09 bits per heavy atom. The summed E-state index contributed by atoms with van der Waals surface area (Å²) in [6, 6.07) is 12.3. The van der Waals surface area contributed by atoms with Crippen LogP contribution in [-0.2, 0) is 0 Å². The van der Waals surface area contributed by atoms with Crippen molar-refractivity contribution in [3.05, 3.63) is 65.2 Å². The zero-order valence-corrected chi connectivity index (χ0v) is 12.0. The molecule has 0 fully saturated rings. The molecule has 0 aliphatic rings. The number of anilines is 1. The Morgan fingerprint density at radius 1 is 1.04 bits per heavy atom. The van der Waals surface area contributed by atoms with Crippen molar-refractivity contribution in [1.29, 1.82) is 5.53 Å². The Balaban J connectivity index is 2.08. The fourth-order valence-corrected chi connectivity index (χ4v) is 1.92. The number of nitrogens with two attached hydrogens (primary N) is 1. The number of hydrogen-bond acceptors (Lipinski definition) is 6. The summed E-state index contributed by atoms with van der Waals surface area (Å²) in [5.41, 5.74) is 11.1. The van der Waals surface area contributed by atoms with Crippen LogP contribution in [0.4, 0.5) is 5.69 Å². The van der Waals surface area contributed by atoms with Crippen LogP contribution in [0.25, 0.3) is 0 Å². The Hall–Kier alpha value is -3.10. The molecule has 0 saturated carbocycles. The van der Waals surface area contributed by atoms with Crippen molar-refractivity contribution in [3.63, 3.8) is 0 Å². The van der Waals surface area contributed by atoms with Gasteiger partial charge in [0, 0.05) is 11.3 Å². The van der Waals surface area contributed by atoms with E-state index in [2.05, 4.69) is 15.9 Å². The maximum atomic E-state index is 12.1. The monoisotopic (exact) mass is 313 g/mol. The lowest BCUT2D eigenvalue weighted by Crippen LogP contribution is -2.26. The highest BCUT2D eigenvalue weighted by molar-refractivity contribution is 6.04. The van der Waals surface area contributed by atoms with Crippen LogP contribution in [0, 0.1) is 5.53 Å². The zero-order valence-electron chi connectivity index (χ0n) is 12.0. The topological polar surface area (TPSA) is 141 Å². The average Bonchev–Trinajstić information content (AvgIpc) is 2.57. The summed E-state index contributed by atoms with van der Waals surface area (Å²) >= 11 is 0. The molecule has 2 aromatic rings. The number of hydrazine groups is 1. The second-order valence-electron chi connectivity index (χ2n) is 4.66. The van der Waals surface area contributed by atoms with Gasteiger partial charge in [0.1, 0.15) is 0 Å². The van der Waals surface area contributed by atoms with Crippen LogP contribution >= 0.6 is 0 Å². The third kappa shape index (κ3) is 3.96. The number of hydrogen-bond donors (Lipinski definition) is 5. The first-order chi connectivity index (χ1) is 11.0. The molecule has 1 atom stereocenters. The zero-order chi connectivity index (χ0) is 16.8. The van der Waals surface area contributed by atoms with E-state index in [4.69, 9.17) is 16.5 Å². The number of carbonyl (C=O) groups is 2. The van der Waals surface area contributed by atoms with Crippen LogP contribution in [-0.4, -0.2) is 17.0 Å². The molecule has 2 aromatic carbocycles. The summed E-state index contributed by atoms with van der Waals surface area (Å²) in [4.78, 5) is 22.9. The molecule has 0 heterocycles. The van der Waals surface area contributed by atoms with Gasteiger partial charge in [0.25, 0.3) is 5.91 Å². The Morgan fingerprint density at radius 2 is 1.61 bits per heavy atom. The quantitative estimate of drug-likeness (QED) is 0.315. The van der Waals surface area contributed by atoms with E-state index in [0.717, 1.165) is 0 Å². The molecule has 1 amide bonds. The van der Waals surface area contributed by atoms with Crippen molar-refractivity contribution in [2.24, 2.45) is 11.0 Å². The number of nitrogens with one attached hydrogen (secondary N) is 3. The number of nitrogens with zero attached hydrogens (tertiary/aromatic N) is 1. The first kappa shape index (κ1) is 16.3. The van der Waals surface area contributed by atoms with Gasteiger partial charge in [0.2, 0.25) is 0 Å². The van der Waals surface area contributed by atoms with Crippen molar-refractivity contribution in [2.75, 3.05) is 5.32 Å². The molecular formula is C15H15N5O3. The Kier molecular flexibility index (Phi) is 5.13. The summed E-state index contributed by atoms with van der Waals surface area (Å²) in [5.74, 6) is 3.90. The van der Waals surface area contributed by atoms with Gasteiger partial charge < -0.3 is 10.4 Å². The molecule has 1 unspecified atom stereocenters. The summed E-state index contributed by atoms with van der Waals surface area (Å²) < 4.78 is 0. The number of benzene rings is 2. The Labute approximate surface area is 131 Å². The summed E-state index contributed by atoms with van der Waals surface area (Å²) in [5, 5.41) is 14.8. The normalized spacial score (nSPS) is 11.5. The van der Waals surface area contributed by atoms with Crippen LogP contribution in [0.2, 0.25) is 0 Å². The minimum Gasteiger partial charge on any atom is -0.478 e. The predicted octanol–water partition coefficient (Wildman–Crippen LogP) is 2.13. The smallest absolute Gasteiger partial charge is 0.335 e. The van der Waals surface area contributed by atoms with Gasteiger partial charge in [-0.2, -0.15) is 5.11 Å². The van der Waals surface area contributed by atoms with E-state index >= 15 is 0 Å². The van der Waals surface area contributed by atoms with Crippen LogP contribution in [0.1, 0.15) is 32.4 Å². The summed E-state index contributed by atoms with van der Waals surface area (Å²) in [7, 11) is 0. The van der Waals surface area contributed by atoms with E-state index < -0.39 is 12.1 Å². The van der Waals surface area contributed by atoms with Gasteiger partial charge in [-0.05, 0) is 42.0 Å². The molecule has 0 aromatic heterocycles. The maximum Gasteiger partial charge on any atom is 0.335 e. The number of amides is 1. The SMILES string of the molecule is N=NC(NN)c1ccc(C(=O)Nc2ccc(C(=O)O)cc2)cc1. The molecule has 0 saturated heterocycles. The molecule has 118 valence electrons. The first-order valence-electron chi connectivity index (χ1n) is 6.62. The molecular weight excluding hydrogens is 298 g/mol. The fraction of sp³-hybridized carbons (Fsp3) is 0.0667. The molecule has 0 bridgehead atoms. The molecule has 0 spiro atoms. The number of carboxylic acids is 1. The third-order valence-corrected chi connectivity index (χ3v) is 3.17. The molecule has 6 N–H and O–H groups in total. The van der Waals surface area contributed by atoms with E-state index in [1.807, 2.05) is 0 Å². The lowest BCUT2D eigenvalue weighted by molar-refractivity contribution is 0.0696. The molecule has 2 rings (SSSR count). The number of carboxylic acid groups (broad SMARTS) is 1. The van der Waals surface area contributed by atoms with E-state index in [9.17, 15) is 9.59 Å². The molecule has 23 heavy (non-hydrogen) atoms. The average molecular weight is 313 g/mol. The van der Waals surface area contributed by atoms with Crippen molar-refractivity contribution >= 4 is 17.6 Å². The van der Waals surface area contributed by atoms with Crippen LogP contribution in [0.5, 0.6) is 0 Å². The van der Waals surface area contributed by atoms with Crippen molar-refractivity contribution in [3.8, 4) is 0 Å². The standard InChI is InChI=1S/C15H15N5O3/c16-19-13(20-17)9-1-3-10(4-2-9)14(21)18-12-7-5-11(6-8-12)15(22)23/h1-8,13,16,20H,17H2,(H,18,21)(H,22,23). The predicted molar refractivity (Wildman–Crippen MR) is 83.0 cm³/mol. The van der Waals surface area contributed by atoms with Gasteiger partial charge in [0.15, 0.2) is 6.17 Å². The lowest BCUT2D eigenvalue weighted by atomic mass is 10.1. The van der Waals surface area contributed by atoms with Gasteiger partial charge in [0.05, 0.1) is 5.56 Å². The molecule has 8 nitrogen and oxygen atoms in total. The minimum atomic E-state index is -1.03. The number of carbonyl (C=O) groups excluding carboxylic acids is 1. The van der Waals surface area contributed by atoms with Crippen molar-refractivity contribution < 1.29 is 14.7 Å². The second kappa shape index (κ2) is 7.25. The first-order valence-corrected chi connectivity index (χ1v) is 6.62. The second-order valence-corrected chi connectivity index (χ2v) is 4.66.